The van der Waals surface area contributed by atoms with Crippen molar-refractivity contribution >= 4 is 5.71 Å². The van der Waals surface area contributed by atoms with E-state index in [-0.39, 0.29) is 5.41 Å². The van der Waals surface area contributed by atoms with Crippen molar-refractivity contribution in [3.05, 3.63) is 0 Å². The third-order valence-electron chi connectivity index (χ3n) is 2.85. The fourth-order valence-electron chi connectivity index (χ4n) is 1.94. The van der Waals surface area contributed by atoms with Crippen LogP contribution in [0, 0.1) is 5.41 Å². The SMILES string of the molecule is CC(C)N=C(CN1CCCC1)C(C)(C)C. The third-order valence-corrected chi connectivity index (χ3v) is 2.85. The van der Waals surface area contributed by atoms with E-state index in [4.69, 9.17) is 4.99 Å². The normalized spacial score (nSPS) is 20.3. The number of aliphatic imine (C=N–C) groups is 1. The van der Waals surface area contributed by atoms with Crippen LogP contribution < -0.4 is 0 Å². The molecule has 0 spiro atoms. The average Bonchev–Trinajstić information content (AvgIpc) is 2.53. The molecular weight excluding hydrogens is 184 g/mol. The number of nitrogens with zero attached hydrogens (tertiary/aromatic N) is 2. The Balaban J connectivity index is 2.64. The van der Waals surface area contributed by atoms with E-state index in [0.29, 0.717) is 6.04 Å². The summed E-state index contributed by atoms with van der Waals surface area (Å²) in [6.45, 7) is 14.7. The highest BCUT2D eigenvalue weighted by atomic mass is 15.1. The highest BCUT2D eigenvalue weighted by Gasteiger charge is 2.23. The summed E-state index contributed by atoms with van der Waals surface area (Å²) in [6, 6.07) is 0.418. The summed E-state index contributed by atoms with van der Waals surface area (Å²) in [5, 5.41) is 0. The Kier molecular flexibility index (Phi) is 4.32. The van der Waals surface area contributed by atoms with Crippen LogP contribution in [0.4, 0.5) is 0 Å². The molecule has 88 valence electrons. The Bertz CT molecular complexity index is 217. The Labute approximate surface area is 94.8 Å². The zero-order valence-electron chi connectivity index (χ0n) is 11.0. The molecule has 0 aromatic heterocycles. The molecule has 15 heavy (non-hydrogen) atoms. The monoisotopic (exact) mass is 210 g/mol. The summed E-state index contributed by atoms with van der Waals surface area (Å²) >= 11 is 0. The topological polar surface area (TPSA) is 15.6 Å². The molecule has 2 nitrogen and oxygen atoms in total. The van der Waals surface area contributed by atoms with Crippen LogP contribution in [0.2, 0.25) is 0 Å². The van der Waals surface area contributed by atoms with Crippen LogP contribution in [-0.4, -0.2) is 36.3 Å². The maximum Gasteiger partial charge on any atom is 0.0443 e. The lowest BCUT2D eigenvalue weighted by Gasteiger charge is -2.26. The minimum absolute atomic E-state index is 0.215. The van der Waals surface area contributed by atoms with Crippen molar-refractivity contribution < 1.29 is 0 Å². The van der Waals surface area contributed by atoms with Gasteiger partial charge in [-0.3, -0.25) is 9.89 Å². The Hall–Kier alpha value is -0.370. The summed E-state index contributed by atoms with van der Waals surface area (Å²) in [4.78, 5) is 7.32. The van der Waals surface area contributed by atoms with Gasteiger partial charge in [0.25, 0.3) is 0 Å². The summed E-state index contributed by atoms with van der Waals surface area (Å²) in [6.07, 6.45) is 2.72. The van der Waals surface area contributed by atoms with Gasteiger partial charge in [0.1, 0.15) is 0 Å². The fourth-order valence-corrected chi connectivity index (χ4v) is 1.94. The van der Waals surface area contributed by atoms with Crippen molar-refractivity contribution in [1.29, 1.82) is 0 Å². The lowest BCUT2D eigenvalue weighted by Crippen LogP contribution is -2.35. The van der Waals surface area contributed by atoms with Crippen molar-refractivity contribution in [1.82, 2.24) is 4.90 Å². The molecule has 1 aliphatic rings. The maximum atomic E-state index is 4.79. The van der Waals surface area contributed by atoms with Crippen molar-refractivity contribution in [2.75, 3.05) is 19.6 Å². The van der Waals surface area contributed by atoms with Crippen molar-refractivity contribution in [2.24, 2.45) is 10.4 Å². The second-order valence-corrected chi connectivity index (χ2v) is 5.90. The van der Waals surface area contributed by atoms with Gasteiger partial charge in [0.2, 0.25) is 0 Å². The summed E-state index contributed by atoms with van der Waals surface area (Å²) in [7, 11) is 0. The van der Waals surface area contributed by atoms with Crippen molar-refractivity contribution in [3.8, 4) is 0 Å². The number of likely N-dealkylation sites (tertiary alicyclic amines) is 1. The lowest BCUT2D eigenvalue weighted by molar-refractivity contribution is 0.373. The summed E-state index contributed by atoms with van der Waals surface area (Å²) < 4.78 is 0. The first-order valence-electron chi connectivity index (χ1n) is 6.19. The van der Waals surface area contributed by atoms with E-state index < -0.39 is 0 Å². The molecule has 0 atom stereocenters. The maximum absolute atomic E-state index is 4.79. The molecule has 1 aliphatic heterocycles. The lowest BCUT2D eigenvalue weighted by atomic mass is 9.89. The first kappa shape index (κ1) is 12.7. The molecule has 0 unspecified atom stereocenters. The zero-order valence-corrected chi connectivity index (χ0v) is 11.0. The van der Waals surface area contributed by atoms with E-state index in [1.807, 2.05) is 0 Å². The van der Waals surface area contributed by atoms with Gasteiger partial charge < -0.3 is 0 Å². The van der Waals surface area contributed by atoms with Gasteiger partial charge in [-0.2, -0.15) is 0 Å². The van der Waals surface area contributed by atoms with Gasteiger partial charge in [0.15, 0.2) is 0 Å². The van der Waals surface area contributed by atoms with Crippen LogP contribution in [-0.2, 0) is 0 Å². The van der Waals surface area contributed by atoms with E-state index in [2.05, 4.69) is 39.5 Å². The molecule has 0 bridgehead atoms. The average molecular weight is 210 g/mol. The van der Waals surface area contributed by atoms with Crippen LogP contribution in [0.3, 0.4) is 0 Å². The third kappa shape index (κ3) is 4.33. The highest BCUT2D eigenvalue weighted by molar-refractivity contribution is 5.91. The van der Waals surface area contributed by atoms with E-state index >= 15 is 0 Å². The summed E-state index contributed by atoms with van der Waals surface area (Å²) in [5.41, 5.74) is 1.58. The minimum Gasteiger partial charge on any atom is -0.298 e. The second-order valence-electron chi connectivity index (χ2n) is 5.90. The quantitative estimate of drug-likeness (QED) is 0.654. The smallest absolute Gasteiger partial charge is 0.0443 e. The Morgan fingerprint density at radius 3 is 2.13 bits per heavy atom. The van der Waals surface area contributed by atoms with E-state index in [9.17, 15) is 0 Å². The molecule has 0 aliphatic carbocycles. The standard InChI is InChI=1S/C13H26N2/c1-11(2)14-12(13(3,4)5)10-15-8-6-7-9-15/h11H,6-10H2,1-5H3. The van der Waals surface area contributed by atoms with Gasteiger partial charge >= 0.3 is 0 Å². The van der Waals surface area contributed by atoms with E-state index in [1.165, 1.54) is 31.6 Å². The molecule has 0 saturated carbocycles. The summed E-state index contributed by atoms with van der Waals surface area (Å²) in [5.74, 6) is 0. The molecular formula is C13H26N2. The largest absolute Gasteiger partial charge is 0.298 e. The first-order chi connectivity index (χ1) is 6.89. The van der Waals surface area contributed by atoms with Gasteiger partial charge in [-0.25, -0.2) is 0 Å². The molecule has 1 rings (SSSR count). The van der Waals surface area contributed by atoms with Crippen LogP contribution in [0.15, 0.2) is 4.99 Å². The van der Waals surface area contributed by atoms with Crippen molar-refractivity contribution in [2.45, 2.75) is 53.5 Å². The number of hydrogen-bond acceptors (Lipinski definition) is 2. The molecule has 2 heteroatoms. The van der Waals surface area contributed by atoms with Gasteiger partial charge in [0, 0.05) is 23.7 Å². The number of hydrogen-bond donors (Lipinski definition) is 0. The van der Waals surface area contributed by atoms with Crippen LogP contribution >= 0.6 is 0 Å². The molecule has 0 N–H and O–H groups in total. The van der Waals surface area contributed by atoms with Gasteiger partial charge in [-0.05, 0) is 39.8 Å². The first-order valence-corrected chi connectivity index (χ1v) is 6.19. The predicted molar refractivity (Wildman–Crippen MR) is 67.7 cm³/mol. The molecule has 1 saturated heterocycles. The van der Waals surface area contributed by atoms with E-state index in [1.54, 1.807) is 0 Å². The van der Waals surface area contributed by atoms with Crippen LogP contribution in [0.1, 0.15) is 47.5 Å². The second kappa shape index (κ2) is 5.11. The number of rotatable bonds is 3. The molecule has 1 heterocycles. The Morgan fingerprint density at radius 2 is 1.73 bits per heavy atom. The van der Waals surface area contributed by atoms with E-state index in [0.717, 1.165) is 6.54 Å². The van der Waals surface area contributed by atoms with Gasteiger partial charge in [0.05, 0.1) is 0 Å². The van der Waals surface area contributed by atoms with Crippen LogP contribution in [0.5, 0.6) is 0 Å². The minimum atomic E-state index is 0.215. The highest BCUT2D eigenvalue weighted by Crippen LogP contribution is 2.19. The van der Waals surface area contributed by atoms with Crippen LogP contribution in [0.25, 0.3) is 0 Å². The zero-order chi connectivity index (χ0) is 11.5. The van der Waals surface area contributed by atoms with Gasteiger partial charge in [-0.1, -0.05) is 20.8 Å². The van der Waals surface area contributed by atoms with Gasteiger partial charge in [-0.15, -0.1) is 0 Å². The molecule has 1 fully saturated rings. The predicted octanol–water partition coefficient (Wildman–Crippen LogP) is 2.98. The molecule has 0 aromatic rings. The fraction of sp³-hybridized carbons (Fsp3) is 0.923. The van der Waals surface area contributed by atoms with Crippen molar-refractivity contribution in [3.63, 3.8) is 0 Å². The molecule has 0 aromatic carbocycles. The Morgan fingerprint density at radius 1 is 1.20 bits per heavy atom. The molecule has 0 amide bonds. The molecule has 0 radical (unpaired) electrons.